The Bertz CT molecular complexity index is 323. The van der Waals surface area contributed by atoms with Crippen LogP contribution in [-0.2, 0) is 9.53 Å². The summed E-state index contributed by atoms with van der Waals surface area (Å²) in [5.41, 5.74) is 0. The van der Waals surface area contributed by atoms with Crippen LogP contribution in [0.25, 0.3) is 0 Å². The van der Waals surface area contributed by atoms with E-state index in [0.717, 1.165) is 0 Å². The van der Waals surface area contributed by atoms with Crippen LogP contribution in [0.4, 0.5) is 4.79 Å². The lowest BCUT2D eigenvalue weighted by Gasteiger charge is -2.31. The second kappa shape index (κ2) is 5.37. The Kier molecular flexibility index (Phi) is 4.57. The Morgan fingerprint density at radius 3 is 2.53 bits per heavy atom. The first-order chi connectivity index (χ1) is 7.90. The lowest BCUT2D eigenvalue weighted by molar-refractivity contribution is -0.795. The number of carbonyl (C=O) groups is 2. The summed E-state index contributed by atoms with van der Waals surface area (Å²) in [6.45, 7) is 3.71. The van der Waals surface area contributed by atoms with Crippen molar-refractivity contribution in [3.8, 4) is 0 Å². The third-order valence-corrected chi connectivity index (χ3v) is 4.16. The van der Waals surface area contributed by atoms with Gasteiger partial charge in [0.05, 0.1) is 5.92 Å². The molecule has 17 heavy (non-hydrogen) atoms. The van der Waals surface area contributed by atoms with Crippen LogP contribution in [0.3, 0.4) is 0 Å². The maximum absolute atomic E-state index is 12.3. The minimum atomic E-state index is -1.09. The van der Waals surface area contributed by atoms with Gasteiger partial charge in [0.1, 0.15) is 18.7 Å². The molecule has 0 bridgehead atoms. The Labute approximate surface area is 107 Å². The van der Waals surface area contributed by atoms with Crippen molar-refractivity contribution in [3.05, 3.63) is 0 Å². The van der Waals surface area contributed by atoms with Gasteiger partial charge in [-0.05, 0) is 13.8 Å². The number of carboxylic acid groups (broad SMARTS) is 1. The van der Waals surface area contributed by atoms with Crippen LogP contribution >= 0.6 is 12.6 Å². The Morgan fingerprint density at radius 2 is 2.18 bits per heavy atom. The Balaban J connectivity index is 3.07. The summed E-state index contributed by atoms with van der Waals surface area (Å²) < 4.78 is 4.67. The molecule has 1 rings (SSSR count). The summed E-state index contributed by atoms with van der Waals surface area (Å²) in [5.74, 6) is -0.289. The largest absolute Gasteiger partial charge is 0.521 e. The second-order valence-electron chi connectivity index (χ2n) is 4.70. The van der Waals surface area contributed by atoms with Gasteiger partial charge in [0.25, 0.3) is 0 Å². The molecule has 1 fully saturated rings. The molecule has 0 spiro atoms. The molecular formula is C11H20NO4S+. The molecule has 1 saturated heterocycles. The number of quaternary nitrogens is 1. The number of carbonyl (C=O) groups excluding carboxylic acids is 1. The minimum absolute atomic E-state index is 0.169. The van der Waals surface area contributed by atoms with Gasteiger partial charge < -0.3 is 9.84 Å². The molecule has 6 heteroatoms. The first-order valence-corrected chi connectivity index (χ1v) is 6.32. The molecule has 0 radical (unpaired) electrons. The van der Waals surface area contributed by atoms with Gasteiger partial charge in [-0.3, -0.25) is 0 Å². The maximum atomic E-state index is 12.3. The summed E-state index contributed by atoms with van der Waals surface area (Å²) in [5, 5.41) is 9.43. The SMILES string of the molecule is CO[C@H]1C[C@@H](C)[N@@+](C(=O)O)(C(=O)C(C)CS)C1. The van der Waals surface area contributed by atoms with E-state index < -0.39 is 10.6 Å². The lowest BCUT2D eigenvalue weighted by atomic mass is 10.1. The van der Waals surface area contributed by atoms with Crippen molar-refractivity contribution in [2.24, 2.45) is 5.92 Å². The quantitative estimate of drug-likeness (QED) is 0.596. The van der Waals surface area contributed by atoms with Gasteiger partial charge in [0.15, 0.2) is 0 Å². The van der Waals surface area contributed by atoms with E-state index in [1.807, 2.05) is 0 Å². The predicted octanol–water partition coefficient (Wildman–Crippen LogP) is 1.38. The standard InChI is InChI=1S/C11H19NO4S/c1-7(6-17)10(13)12(11(14)15)5-9(16-3)4-8(12)2/h7-9H,4-6H2,1-3H3,(H-,14,15,17)/p+1/t7?,8-,9+,12-/m1/s1. The molecule has 1 unspecified atom stereocenters. The van der Waals surface area contributed by atoms with E-state index >= 15 is 0 Å². The van der Waals surface area contributed by atoms with Crippen molar-refractivity contribution in [1.82, 2.24) is 0 Å². The predicted molar refractivity (Wildman–Crippen MR) is 66.1 cm³/mol. The lowest BCUT2D eigenvalue weighted by Crippen LogP contribution is -2.61. The van der Waals surface area contributed by atoms with Crippen molar-refractivity contribution < 1.29 is 23.9 Å². The zero-order chi connectivity index (χ0) is 13.2. The summed E-state index contributed by atoms with van der Waals surface area (Å²) in [6.07, 6.45) is -0.666. The fourth-order valence-corrected chi connectivity index (χ4v) is 2.60. The van der Waals surface area contributed by atoms with Crippen LogP contribution < -0.4 is 0 Å². The highest BCUT2D eigenvalue weighted by Gasteiger charge is 2.57. The molecule has 1 aliphatic heterocycles. The van der Waals surface area contributed by atoms with Crippen LogP contribution in [0.1, 0.15) is 20.3 Å². The van der Waals surface area contributed by atoms with E-state index in [0.29, 0.717) is 12.2 Å². The number of hydrogen-bond acceptors (Lipinski definition) is 4. The molecule has 1 aliphatic rings. The molecule has 2 amide bonds. The molecular weight excluding hydrogens is 242 g/mol. The fourth-order valence-electron chi connectivity index (χ4n) is 2.45. The topological polar surface area (TPSA) is 63.6 Å². The molecule has 4 atom stereocenters. The normalized spacial score (nSPS) is 34.6. The van der Waals surface area contributed by atoms with E-state index in [1.54, 1.807) is 21.0 Å². The van der Waals surface area contributed by atoms with Crippen LogP contribution in [0.15, 0.2) is 0 Å². The van der Waals surface area contributed by atoms with Crippen LogP contribution in [0, 0.1) is 5.92 Å². The average molecular weight is 262 g/mol. The van der Waals surface area contributed by atoms with Gasteiger partial charge in [-0.25, -0.2) is 4.79 Å². The maximum Gasteiger partial charge on any atom is 0.521 e. The Hall–Kier alpha value is -0.590. The molecule has 0 aromatic heterocycles. The van der Waals surface area contributed by atoms with E-state index in [2.05, 4.69) is 12.6 Å². The van der Waals surface area contributed by atoms with Gasteiger partial charge >= 0.3 is 12.0 Å². The number of methoxy groups -OCH3 is 1. The summed E-state index contributed by atoms with van der Waals surface area (Å²) in [4.78, 5) is 23.8. The summed E-state index contributed by atoms with van der Waals surface area (Å²) in [6, 6.07) is -0.257. The highest BCUT2D eigenvalue weighted by molar-refractivity contribution is 7.80. The van der Waals surface area contributed by atoms with Crippen molar-refractivity contribution in [3.63, 3.8) is 0 Å². The Morgan fingerprint density at radius 1 is 1.59 bits per heavy atom. The minimum Gasteiger partial charge on any atom is -0.435 e. The number of likely N-dealkylation sites (tertiary alicyclic amines) is 1. The van der Waals surface area contributed by atoms with E-state index in [1.165, 1.54) is 0 Å². The van der Waals surface area contributed by atoms with E-state index in [4.69, 9.17) is 4.74 Å². The number of imide groups is 1. The van der Waals surface area contributed by atoms with Crippen molar-refractivity contribution >= 4 is 24.6 Å². The van der Waals surface area contributed by atoms with Crippen molar-refractivity contribution in [2.45, 2.75) is 32.4 Å². The number of nitrogens with zero attached hydrogens (tertiary/aromatic N) is 1. The van der Waals surface area contributed by atoms with Gasteiger partial charge in [-0.15, -0.1) is 0 Å². The number of ether oxygens (including phenoxy) is 1. The summed E-state index contributed by atoms with van der Waals surface area (Å²) in [7, 11) is 1.55. The molecule has 0 aliphatic carbocycles. The molecule has 0 saturated carbocycles. The molecule has 1 heterocycles. The smallest absolute Gasteiger partial charge is 0.435 e. The molecule has 5 nitrogen and oxygen atoms in total. The molecule has 1 N–H and O–H groups in total. The number of hydrogen-bond donors (Lipinski definition) is 2. The monoisotopic (exact) mass is 262 g/mol. The van der Waals surface area contributed by atoms with Crippen LogP contribution in [-0.4, -0.2) is 53.1 Å². The third-order valence-electron chi connectivity index (χ3n) is 3.61. The molecule has 0 aromatic carbocycles. The van der Waals surface area contributed by atoms with E-state index in [-0.39, 0.29) is 30.5 Å². The average Bonchev–Trinajstić information content (AvgIpc) is 2.65. The first-order valence-electron chi connectivity index (χ1n) is 5.69. The zero-order valence-electron chi connectivity index (χ0n) is 10.4. The highest BCUT2D eigenvalue weighted by atomic mass is 32.1. The molecule has 0 aromatic rings. The van der Waals surface area contributed by atoms with Crippen LogP contribution in [0.5, 0.6) is 0 Å². The van der Waals surface area contributed by atoms with Crippen molar-refractivity contribution in [2.75, 3.05) is 19.4 Å². The highest BCUT2D eigenvalue weighted by Crippen LogP contribution is 2.31. The van der Waals surface area contributed by atoms with Gasteiger partial charge in [0.2, 0.25) is 0 Å². The van der Waals surface area contributed by atoms with Gasteiger partial charge in [-0.1, -0.05) is 0 Å². The fraction of sp³-hybridized carbons (Fsp3) is 0.818. The number of rotatable bonds is 3. The number of thiol groups is 1. The van der Waals surface area contributed by atoms with Gasteiger partial charge in [0, 0.05) is 19.3 Å². The first kappa shape index (κ1) is 14.5. The van der Waals surface area contributed by atoms with E-state index in [9.17, 15) is 14.7 Å². The number of amides is 2. The third kappa shape index (κ3) is 2.34. The van der Waals surface area contributed by atoms with Crippen LogP contribution in [0.2, 0.25) is 0 Å². The second-order valence-corrected chi connectivity index (χ2v) is 5.06. The zero-order valence-corrected chi connectivity index (χ0v) is 11.3. The summed E-state index contributed by atoms with van der Waals surface area (Å²) >= 11 is 4.07. The molecule has 98 valence electrons. The van der Waals surface area contributed by atoms with Gasteiger partial charge in [-0.2, -0.15) is 21.9 Å². The van der Waals surface area contributed by atoms with Crippen molar-refractivity contribution in [1.29, 1.82) is 0 Å².